The predicted octanol–water partition coefficient (Wildman–Crippen LogP) is 1.41. The van der Waals surface area contributed by atoms with Crippen molar-refractivity contribution in [3.63, 3.8) is 0 Å². The molecule has 1 aromatic rings. The zero-order valence-corrected chi connectivity index (χ0v) is 11.0. The van der Waals surface area contributed by atoms with Crippen molar-refractivity contribution < 1.29 is 14.1 Å². The van der Waals surface area contributed by atoms with Crippen LogP contribution >= 0.6 is 0 Å². The Labute approximate surface area is 104 Å². The van der Waals surface area contributed by atoms with Crippen LogP contribution in [0.4, 0.5) is 0 Å². The van der Waals surface area contributed by atoms with Crippen molar-refractivity contribution in [2.45, 2.75) is 43.3 Å². The minimum absolute atomic E-state index is 0.402. The highest BCUT2D eigenvalue weighted by atomic mass is 32.2. The van der Waals surface area contributed by atoms with Crippen LogP contribution < -0.4 is 5.11 Å². The second kappa shape index (κ2) is 6.55. The fourth-order valence-electron chi connectivity index (χ4n) is 1.54. The van der Waals surface area contributed by atoms with Crippen molar-refractivity contribution >= 4 is 16.8 Å². The van der Waals surface area contributed by atoms with E-state index in [1.807, 2.05) is 26.0 Å². The molecule has 0 aliphatic carbocycles. The third-order valence-corrected chi connectivity index (χ3v) is 4.28. The molecule has 2 unspecified atom stereocenters. The van der Waals surface area contributed by atoms with Crippen LogP contribution in [-0.4, -0.2) is 15.4 Å². The zero-order chi connectivity index (χ0) is 12.8. The summed E-state index contributed by atoms with van der Waals surface area (Å²) in [6, 6.07) is 7.10. The molecule has 0 N–H and O–H groups in total. The van der Waals surface area contributed by atoms with E-state index >= 15 is 0 Å². The number of aryl methyl sites for hydroxylation is 1. The van der Waals surface area contributed by atoms with Crippen LogP contribution in [0, 0.1) is 6.92 Å². The Morgan fingerprint density at radius 2 is 1.94 bits per heavy atom. The number of carbonyl (C=O) groups is 1. The fourth-order valence-corrected chi connectivity index (χ4v) is 2.83. The molecule has 0 aliphatic rings. The van der Waals surface area contributed by atoms with E-state index in [0.29, 0.717) is 11.3 Å². The van der Waals surface area contributed by atoms with E-state index in [9.17, 15) is 14.1 Å². The number of aliphatic carboxylic acids is 1. The Morgan fingerprint density at radius 1 is 1.35 bits per heavy atom. The molecule has 17 heavy (non-hydrogen) atoms. The highest BCUT2D eigenvalue weighted by Crippen LogP contribution is 2.16. The van der Waals surface area contributed by atoms with Crippen molar-refractivity contribution in [1.29, 1.82) is 0 Å². The van der Waals surface area contributed by atoms with Gasteiger partial charge < -0.3 is 9.90 Å². The first-order valence-electron chi connectivity index (χ1n) is 5.74. The third-order valence-electron chi connectivity index (χ3n) is 2.59. The SMILES string of the molecule is CCCCC(C(=O)[O-])S(=O)c1ccc(C)cc1. The first-order valence-corrected chi connectivity index (χ1v) is 6.95. The number of unbranched alkanes of at least 4 members (excludes halogenated alkanes) is 1. The number of hydrogen-bond donors (Lipinski definition) is 0. The van der Waals surface area contributed by atoms with Crippen molar-refractivity contribution in [2.75, 3.05) is 0 Å². The van der Waals surface area contributed by atoms with Gasteiger partial charge >= 0.3 is 0 Å². The molecule has 94 valence electrons. The molecule has 0 saturated carbocycles. The average Bonchev–Trinajstić information content (AvgIpc) is 2.29. The Morgan fingerprint density at radius 3 is 2.41 bits per heavy atom. The minimum Gasteiger partial charge on any atom is -0.549 e. The summed E-state index contributed by atoms with van der Waals surface area (Å²) >= 11 is 0. The lowest BCUT2D eigenvalue weighted by Crippen LogP contribution is -2.38. The van der Waals surface area contributed by atoms with E-state index < -0.39 is 22.0 Å². The lowest BCUT2D eigenvalue weighted by Gasteiger charge is -2.17. The predicted molar refractivity (Wildman–Crippen MR) is 65.9 cm³/mol. The molecule has 0 amide bonds. The molecule has 0 saturated heterocycles. The van der Waals surface area contributed by atoms with Crippen LogP contribution in [0.5, 0.6) is 0 Å². The van der Waals surface area contributed by atoms with Gasteiger partial charge in [-0.25, -0.2) is 0 Å². The summed E-state index contributed by atoms with van der Waals surface area (Å²) < 4.78 is 12.1. The molecular formula is C13H17O3S-. The summed E-state index contributed by atoms with van der Waals surface area (Å²) in [7, 11) is -1.52. The van der Waals surface area contributed by atoms with Gasteiger partial charge in [0, 0.05) is 4.90 Å². The molecular weight excluding hydrogens is 236 g/mol. The first kappa shape index (κ1) is 13.9. The smallest absolute Gasteiger partial charge is 0.0789 e. The van der Waals surface area contributed by atoms with Gasteiger partial charge in [-0.15, -0.1) is 0 Å². The number of rotatable bonds is 6. The molecule has 2 atom stereocenters. The fraction of sp³-hybridized carbons (Fsp3) is 0.462. The van der Waals surface area contributed by atoms with E-state index in [2.05, 4.69) is 0 Å². The van der Waals surface area contributed by atoms with Gasteiger partial charge in [0.15, 0.2) is 0 Å². The Balaban J connectivity index is 2.84. The summed E-state index contributed by atoms with van der Waals surface area (Å²) in [5.41, 5.74) is 1.06. The molecule has 0 aliphatic heterocycles. The molecule has 0 spiro atoms. The van der Waals surface area contributed by atoms with Gasteiger partial charge in [-0.2, -0.15) is 0 Å². The van der Waals surface area contributed by atoms with Crippen molar-refractivity contribution in [1.82, 2.24) is 0 Å². The van der Waals surface area contributed by atoms with Crippen molar-refractivity contribution in [2.24, 2.45) is 0 Å². The lowest BCUT2D eigenvalue weighted by atomic mass is 10.2. The lowest BCUT2D eigenvalue weighted by molar-refractivity contribution is -0.305. The number of carboxylic acids is 1. The molecule has 0 heterocycles. The van der Waals surface area contributed by atoms with E-state index in [-0.39, 0.29) is 0 Å². The Kier molecular flexibility index (Phi) is 5.35. The summed E-state index contributed by atoms with van der Waals surface area (Å²) in [6.07, 6.45) is 2.03. The zero-order valence-electron chi connectivity index (χ0n) is 10.1. The van der Waals surface area contributed by atoms with E-state index in [0.717, 1.165) is 18.4 Å². The Bertz CT molecular complexity index is 398. The van der Waals surface area contributed by atoms with E-state index in [1.165, 1.54) is 0 Å². The van der Waals surface area contributed by atoms with Gasteiger partial charge in [0.05, 0.1) is 22.0 Å². The standard InChI is InChI=1S/C13H18O3S/c1-3-4-5-12(13(14)15)17(16)11-8-6-10(2)7-9-11/h6-9,12H,3-5H2,1-2H3,(H,14,15)/p-1. The summed E-state index contributed by atoms with van der Waals surface area (Å²) in [5, 5.41) is 10.1. The maximum Gasteiger partial charge on any atom is 0.0789 e. The van der Waals surface area contributed by atoms with Gasteiger partial charge in [-0.3, -0.25) is 4.21 Å². The molecule has 4 heteroatoms. The molecule has 1 rings (SSSR count). The molecule has 3 nitrogen and oxygen atoms in total. The summed E-state index contributed by atoms with van der Waals surface area (Å²) in [6.45, 7) is 3.90. The van der Waals surface area contributed by atoms with Gasteiger partial charge in [0.1, 0.15) is 0 Å². The number of benzene rings is 1. The molecule has 0 radical (unpaired) electrons. The second-order valence-corrected chi connectivity index (χ2v) is 5.70. The van der Waals surface area contributed by atoms with Crippen LogP contribution in [0.2, 0.25) is 0 Å². The highest BCUT2D eigenvalue weighted by molar-refractivity contribution is 7.86. The summed E-state index contributed by atoms with van der Waals surface area (Å²) in [4.78, 5) is 11.5. The number of carboxylic acid groups (broad SMARTS) is 1. The third kappa shape index (κ3) is 3.97. The van der Waals surface area contributed by atoms with Gasteiger partial charge in [0.2, 0.25) is 0 Å². The maximum absolute atomic E-state index is 12.1. The quantitative estimate of drug-likeness (QED) is 0.770. The molecule has 0 bridgehead atoms. The second-order valence-electron chi connectivity index (χ2n) is 4.06. The highest BCUT2D eigenvalue weighted by Gasteiger charge is 2.19. The van der Waals surface area contributed by atoms with Crippen molar-refractivity contribution in [3.05, 3.63) is 29.8 Å². The Hall–Kier alpha value is -1.16. The van der Waals surface area contributed by atoms with Gasteiger partial charge in [-0.1, -0.05) is 37.5 Å². The average molecular weight is 253 g/mol. The number of hydrogen-bond acceptors (Lipinski definition) is 3. The minimum atomic E-state index is -1.52. The number of carbonyl (C=O) groups excluding carboxylic acids is 1. The van der Waals surface area contributed by atoms with Crippen LogP contribution in [0.25, 0.3) is 0 Å². The maximum atomic E-state index is 12.1. The molecule has 0 fully saturated rings. The topological polar surface area (TPSA) is 57.2 Å². The first-order chi connectivity index (χ1) is 8.06. The van der Waals surface area contributed by atoms with Crippen LogP contribution in [-0.2, 0) is 15.6 Å². The largest absolute Gasteiger partial charge is 0.549 e. The monoisotopic (exact) mass is 253 g/mol. The normalized spacial score (nSPS) is 14.2. The van der Waals surface area contributed by atoms with E-state index in [4.69, 9.17) is 0 Å². The van der Waals surface area contributed by atoms with Crippen LogP contribution in [0.3, 0.4) is 0 Å². The molecule has 1 aromatic carbocycles. The summed E-state index contributed by atoms with van der Waals surface area (Å²) in [5.74, 6) is -1.22. The van der Waals surface area contributed by atoms with Crippen molar-refractivity contribution in [3.8, 4) is 0 Å². The molecule has 0 aromatic heterocycles. The van der Waals surface area contributed by atoms with Gasteiger partial charge in [-0.05, 0) is 25.5 Å². The van der Waals surface area contributed by atoms with Crippen LogP contribution in [0.15, 0.2) is 29.2 Å². The van der Waals surface area contributed by atoms with E-state index in [1.54, 1.807) is 12.1 Å². The van der Waals surface area contributed by atoms with Crippen LogP contribution in [0.1, 0.15) is 31.7 Å². The van der Waals surface area contributed by atoms with Gasteiger partial charge in [0.25, 0.3) is 0 Å².